The minimum absolute atomic E-state index is 0.221. The second kappa shape index (κ2) is 9.67. The normalized spacial score (nSPS) is 16.7. The van der Waals surface area contributed by atoms with Gasteiger partial charge in [-0.25, -0.2) is 4.98 Å². The predicted octanol–water partition coefficient (Wildman–Crippen LogP) is 4.86. The maximum Gasteiger partial charge on any atom is 0.256 e. The second-order valence-corrected chi connectivity index (χ2v) is 9.74. The lowest BCUT2D eigenvalue weighted by Gasteiger charge is -2.29. The van der Waals surface area contributed by atoms with Crippen molar-refractivity contribution in [2.45, 2.75) is 32.1 Å². The van der Waals surface area contributed by atoms with Crippen LogP contribution in [0.5, 0.6) is 0 Å². The Kier molecular flexibility index (Phi) is 6.06. The molecule has 0 bridgehead atoms. The van der Waals surface area contributed by atoms with Crippen LogP contribution in [0, 0.1) is 0 Å². The van der Waals surface area contributed by atoms with Crippen molar-refractivity contribution >= 4 is 34.9 Å². The van der Waals surface area contributed by atoms with Gasteiger partial charge in [0.2, 0.25) is 5.91 Å². The summed E-state index contributed by atoms with van der Waals surface area (Å²) in [4.78, 5) is 40.0. The van der Waals surface area contributed by atoms with Gasteiger partial charge < -0.3 is 15.1 Å². The van der Waals surface area contributed by atoms with E-state index in [2.05, 4.69) is 32.3 Å². The number of hydrogen-bond acceptors (Lipinski definition) is 5. The van der Waals surface area contributed by atoms with Crippen molar-refractivity contribution < 1.29 is 9.59 Å². The van der Waals surface area contributed by atoms with E-state index < -0.39 is 6.04 Å². The molecule has 6 rings (SSSR count). The highest BCUT2D eigenvalue weighted by atomic mass is 35.5. The van der Waals surface area contributed by atoms with Crippen molar-refractivity contribution in [3.63, 3.8) is 0 Å². The number of halogens is 1. The number of nitrogens with one attached hydrogen (secondary N) is 1. The van der Waals surface area contributed by atoms with Gasteiger partial charge in [-0.1, -0.05) is 41.9 Å². The molecule has 0 saturated carbocycles. The molecule has 0 spiro atoms. The number of amides is 2. The Labute approximate surface area is 219 Å². The standard InChI is InChI=1S/C29H24ClN5O2/c30-22-9-10-24-25(14-22)33-28(36)26(15-23-5-1-3-11-31-23)35(29(24)37)16-19-7-8-20-17-34(18-21(20)13-19)27-6-2-4-12-32-27/h1-14,26H,15-18H2,(H,33,36)/t26-/m1/s1. The molecule has 1 N–H and O–H groups in total. The molecule has 0 fully saturated rings. The summed E-state index contributed by atoms with van der Waals surface area (Å²) in [6, 6.07) is 22.0. The zero-order valence-electron chi connectivity index (χ0n) is 20.0. The monoisotopic (exact) mass is 509 g/mol. The van der Waals surface area contributed by atoms with E-state index in [1.54, 1.807) is 35.5 Å². The first-order chi connectivity index (χ1) is 18.0. The Morgan fingerprint density at radius 3 is 2.49 bits per heavy atom. The molecule has 2 aromatic carbocycles. The number of carbonyl (C=O) groups is 2. The predicted molar refractivity (Wildman–Crippen MR) is 142 cm³/mol. The summed E-state index contributed by atoms with van der Waals surface area (Å²) in [5, 5.41) is 3.37. The third-order valence-electron chi connectivity index (χ3n) is 6.86. The topological polar surface area (TPSA) is 78.4 Å². The average molecular weight is 510 g/mol. The van der Waals surface area contributed by atoms with E-state index in [0.717, 1.165) is 30.2 Å². The minimum Gasteiger partial charge on any atom is -0.348 e. The second-order valence-electron chi connectivity index (χ2n) is 9.30. The lowest BCUT2D eigenvalue weighted by Crippen LogP contribution is -2.46. The van der Waals surface area contributed by atoms with E-state index in [1.165, 1.54) is 11.1 Å². The third-order valence-corrected chi connectivity index (χ3v) is 7.09. The Hall–Kier alpha value is -4.23. The van der Waals surface area contributed by atoms with Crippen molar-refractivity contribution in [3.05, 3.63) is 118 Å². The Bertz CT molecular complexity index is 1480. The zero-order valence-corrected chi connectivity index (χ0v) is 20.7. The Morgan fingerprint density at radius 2 is 1.70 bits per heavy atom. The van der Waals surface area contributed by atoms with E-state index in [9.17, 15) is 9.59 Å². The molecule has 2 aromatic heterocycles. The van der Waals surface area contributed by atoms with E-state index in [4.69, 9.17) is 11.6 Å². The summed E-state index contributed by atoms with van der Waals surface area (Å²) in [7, 11) is 0. The molecule has 0 unspecified atom stereocenters. The number of carbonyl (C=O) groups excluding carboxylic acids is 2. The summed E-state index contributed by atoms with van der Waals surface area (Å²) in [5.41, 5.74) is 4.98. The molecule has 7 nitrogen and oxygen atoms in total. The molecule has 0 saturated heterocycles. The van der Waals surface area contributed by atoms with Gasteiger partial charge in [0.1, 0.15) is 11.9 Å². The van der Waals surface area contributed by atoms with Gasteiger partial charge in [0, 0.05) is 49.2 Å². The quantitative estimate of drug-likeness (QED) is 0.416. The molecule has 4 aromatic rings. The van der Waals surface area contributed by atoms with Crippen LogP contribution in [0.4, 0.5) is 11.5 Å². The molecule has 8 heteroatoms. The summed E-state index contributed by atoms with van der Waals surface area (Å²) in [6.45, 7) is 1.82. The van der Waals surface area contributed by atoms with E-state index >= 15 is 0 Å². The zero-order chi connectivity index (χ0) is 25.4. The van der Waals surface area contributed by atoms with Crippen LogP contribution >= 0.6 is 11.6 Å². The highest BCUT2D eigenvalue weighted by Gasteiger charge is 2.36. The van der Waals surface area contributed by atoms with Gasteiger partial charge in [-0.15, -0.1) is 0 Å². The highest BCUT2D eigenvalue weighted by molar-refractivity contribution is 6.31. The molecule has 1 atom stereocenters. The van der Waals surface area contributed by atoms with Gasteiger partial charge in [-0.3, -0.25) is 14.6 Å². The summed E-state index contributed by atoms with van der Waals surface area (Å²) < 4.78 is 0. The lowest BCUT2D eigenvalue weighted by atomic mass is 10.0. The van der Waals surface area contributed by atoms with Crippen molar-refractivity contribution in [2.24, 2.45) is 0 Å². The maximum atomic E-state index is 13.8. The van der Waals surface area contributed by atoms with Crippen LogP contribution in [0.3, 0.4) is 0 Å². The fourth-order valence-corrected chi connectivity index (χ4v) is 5.18. The largest absolute Gasteiger partial charge is 0.348 e. The van der Waals surface area contributed by atoms with Crippen molar-refractivity contribution in [1.82, 2.24) is 14.9 Å². The van der Waals surface area contributed by atoms with E-state index in [1.807, 2.05) is 42.5 Å². The Balaban J connectivity index is 1.32. The number of hydrogen-bond donors (Lipinski definition) is 1. The van der Waals surface area contributed by atoms with Gasteiger partial charge in [0.25, 0.3) is 5.91 Å². The Morgan fingerprint density at radius 1 is 0.892 bits per heavy atom. The van der Waals surface area contributed by atoms with Crippen molar-refractivity contribution in [3.8, 4) is 0 Å². The van der Waals surface area contributed by atoms with Crippen LogP contribution in [0.25, 0.3) is 0 Å². The first-order valence-corrected chi connectivity index (χ1v) is 12.5. The molecule has 4 heterocycles. The number of rotatable bonds is 5. The highest BCUT2D eigenvalue weighted by Crippen LogP contribution is 2.31. The van der Waals surface area contributed by atoms with Crippen molar-refractivity contribution in [2.75, 3.05) is 10.2 Å². The van der Waals surface area contributed by atoms with Gasteiger partial charge in [-0.2, -0.15) is 0 Å². The maximum absolute atomic E-state index is 13.8. The number of nitrogens with zero attached hydrogens (tertiary/aromatic N) is 4. The number of aromatic nitrogens is 2. The molecule has 2 amide bonds. The molecule has 0 radical (unpaired) electrons. The third kappa shape index (κ3) is 4.66. The fourth-order valence-electron chi connectivity index (χ4n) is 5.01. The number of benzene rings is 2. The van der Waals surface area contributed by atoms with Crippen molar-refractivity contribution in [1.29, 1.82) is 0 Å². The average Bonchev–Trinajstić information content (AvgIpc) is 3.31. The molecule has 0 aliphatic carbocycles. The van der Waals surface area contributed by atoms with Gasteiger partial charge >= 0.3 is 0 Å². The molecule has 2 aliphatic heterocycles. The van der Waals surface area contributed by atoms with Gasteiger partial charge in [0.15, 0.2) is 0 Å². The van der Waals surface area contributed by atoms with Crippen LogP contribution < -0.4 is 10.2 Å². The minimum atomic E-state index is -0.730. The first kappa shape index (κ1) is 23.2. The van der Waals surface area contributed by atoms with Crippen LogP contribution in [0.15, 0.2) is 85.2 Å². The van der Waals surface area contributed by atoms with Crippen LogP contribution in [0.1, 0.15) is 32.7 Å². The van der Waals surface area contributed by atoms with Crippen LogP contribution in [0.2, 0.25) is 5.02 Å². The van der Waals surface area contributed by atoms with Gasteiger partial charge in [0.05, 0.1) is 11.3 Å². The van der Waals surface area contributed by atoms with E-state index in [0.29, 0.717) is 29.2 Å². The van der Waals surface area contributed by atoms with Crippen LogP contribution in [-0.2, 0) is 30.8 Å². The number of fused-ring (bicyclic) bond motifs is 2. The molecule has 184 valence electrons. The lowest BCUT2D eigenvalue weighted by molar-refractivity contribution is -0.120. The fraction of sp³-hybridized carbons (Fsp3) is 0.172. The number of anilines is 2. The molecule has 37 heavy (non-hydrogen) atoms. The first-order valence-electron chi connectivity index (χ1n) is 12.1. The smallest absolute Gasteiger partial charge is 0.256 e. The van der Waals surface area contributed by atoms with E-state index in [-0.39, 0.29) is 11.8 Å². The van der Waals surface area contributed by atoms with Gasteiger partial charge in [-0.05, 0) is 59.2 Å². The molecular formula is C29H24ClN5O2. The molecular weight excluding hydrogens is 486 g/mol. The molecule has 2 aliphatic rings. The summed E-state index contributed by atoms with van der Waals surface area (Å²) in [5.74, 6) is 0.453. The summed E-state index contributed by atoms with van der Waals surface area (Å²) in [6.07, 6.45) is 3.80. The number of pyridine rings is 2. The SMILES string of the molecule is O=C1Nc2cc(Cl)ccc2C(=O)N(Cc2ccc3c(c2)CN(c2ccccn2)C3)[C@@H]1Cc1ccccn1. The van der Waals surface area contributed by atoms with Crippen LogP contribution in [-0.4, -0.2) is 32.7 Å². The summed E-state index contributed by atoms with van der Waals surface area (Å²) >= 11 is 6.17.